The monoisotopic (exact) mass is 529 g/mol. The summed E-state index contributed by atoms with van der Waals surface area (Å²) in [5.41, 5.74) is 1.46. The number of benzene rings is 2. The molecule has 13 nitrogen and oxygen atoms in total. The normalized spacial score (nSPS) is 23.0. The summed E-state index contributed by atoms with van der Waals surface area (Å²) in [6.07, 6.45) is -1.01. The number of carbonyl (C=O) groups is 1. The molecule has 2 fully saturated rings. The molecule has 0 aliphatic carbocycles. The van der Waals surface area contributed by atoms with Crippen LogP contribution in [0.1, 0.15) is 13.0 Å². The summed E-state index contributed by atoms with van der Waals surface area (Å²) in [5, 5.41) is 14.4. The number of carbonyl (C=O) groups excluding carboxylic acids is 1. The number of amides is 1. The van der Waals surface area contributed by atoms with Crippen LogP contribution in [0.3, 0.4) is 0 Å². The zero-order valence-corrected chi connectivity index (χ0v) is 21.3. The number of sulfonamides is 1. The third-order valence-corrected chi connectivity index (χ3v) is 7.64. The van der Waals surface area contributed by atoms with Crippen molar-refractivity contribution in [2.75, 3.05) is 37.5 Å². The fourth-order valence-electron chi connectivity index (χ4n) is 4.37. The number of tetrazole rings is 1. The minimum Gasteiger partial charge on any atom is -0.423 e. The smallest absolute Gasteiger partial charge is 0.341 e. The van der Waals surface area contributed by atoms with Gasteiger partial charge in [0.1, 0.15) is 24.0 Å². The number of hydrogen-bond donors (Lipinski definition) is 2. The Balaban J connectivity index is 1.27. The van der Waals surface area contributed by atoms with Gasteiger partial charge in [-0.3, -0.25) is 4.79 Å². The van der Waals surface area contributed by atoms with Crippen LogP contribution in [0, 0.1) is 0 Å². The van der Waals surface area contributed by atoms with Gasteiger partial charge in [0.05, 0.1) is 24.2 Å². The van der Waals surface area contributed by atoms with Gasteiger partial charge < -0.3 is 24.4 Å². The van der Waals surface area contributed by atoms with Crippen molar-refractivity contribution in [2.24, 2.45) is 0 Å². The van der Waals surface area contributed by atoms with E-state index >= 15 is 0 Å². The highest BCUT2D eigenvalue weighted by atomic mass is 32.2. The molecule has 0 spiro atoms. The van der Waals surface area contributed by atoms with Gasteiger partial charge in [-0.1, -0.05) is 11.2 Å². The predicted molar refractivity (Wildman–Crippen MR) is 132 cm³/mol. The lowest BCUT2D eigenvalue weighted by molar-refractivity contribution is -0.114. The van der Waals surface area contributed by atoms with Crippen LogP contribution in [0.2, 0.25) is 0 Å². The van der Waals surface area contributed by atoms with E-state index in [0.29, 0.717) is 11.4 Å². The van der Waals surface area contributed by atoms with Gasteiger partial charge in [0.15, 0.2) is 0 Å². The molecule has 2 aliphatic rings. The zero-order valence-electron chi connectivity index (χ0n) is 20.4. The first-order chi connectivity index (χ1) is 17.7. The van der Waals surface area contributed by atoms with Crippen LogP contribution in [0.25, 0.3) is 0 Å². The van der Waals surface area contributed by atoms with E-state index in [-0.39, 0.29) is 30.0 Å². The molecule has 1 aromatic heterocycles. The van der Waals surface area contributed by atoms with Crippen molar-refractivity contribution in [2.45, 2.75) is 36.1 Å². The molecule has 14 heteroatoms. The van der Waals surface area contributed by atoms with Gasteiger partial charge in [0.2, 0.25) is 15.9 Å². The average molecular weight is 530 g/mol. The van der Waals surface area contributed by atoms with Crippen LogP contribution in [0.15, 0.2) is 53.4 Å². The Labute approximate surface area is 213 Å². The Morgan fingerprint density at radius 1 is 1.11 bits per heavy atom. The van der Waals surface area contributed by atoms with Crippen molar-refractivity contribution in [1.29, 1.82) is 0 Å². The molecular weight excluding hydrogens is 502 g/mol. The SMILES string of the molecule is CC(=O)Nc1ccc(S(=O)(=O)N[C@H]2CO[C@H]3[C@@H]2OC[C@@H]3n2nnnc2Oc2cccc(N(C)C)c2)cc1. The van der Waals surface area contributed by atoms with E-state index in [2.05, 4.69) is 25.6 Å². The van der Waals surface area contributed by atoms with Crippen molar-refractivity contribution in [3.63, 3.8) is 0 Å². The standard InChI is InChI=1S/C23H27N7O6S/c1-14(31)24-15-7-9-18(10-8-15)37(32,33)26-19-12-34-22-20(13-35-21(19)22)30-23(25-27-28-30)36-17-6-4-5-16(11-17)29(2)3/h4-11,19-22,26H,12-13H2,1-3H3,(H,24,31)/t19-,20-,21+,22+/m0/s1. The summed E-state index contributed by atoms with van der Waals surface area (Å²) in [7, 11) is 0.00791. The third kappa shape index (κ3) is 5.27. The summed E-state index contributed by atoms with van der Waals surface area (Å²) < 4.78 is 48.0. The lowest BCUT2D eigenvalue weighted by Gasteiger charge is -2.18. The minimum absolute atomic E-state index is 0.0655. The van der Waals surface area contributed by atoms with E-state index in [1.807, 2.05) is 37.2 Å². The predicted octanol–water partition coefficient (Wildman–Crippen LogP) is 1.18. The van der Waals surface area contributed by atoms with Gasteiger partial charge in [-0.2, -0.15) is 4.68 Å². The maximum Gasteiger partial charge on any atom is 0.341 e. The molecule has 5 rings (SSSR count). The molecule has 2 N–H and O–H groups in total. The number of hydrogen-bond acceptors (Lipinski definition) is 10. The maximum absolute atomic E-state index is 13.0. The summed E-state index contributed by atoms with van der Waals surface area (Å²) in [6.45, 7) is 1.72. The van der Waals surface area contributed by atoms with Gasteiger partial charge >= 0.3 is 6.01 Å². The first-order valence-corrected chi connectivity index (χ1v) is 13.1. The average Bonchev–Trinajstić information content (AvgIpc) is 3.57. The first kappa shape index (κ1) is 25.1. The third-order valence-electron chi connectivity index (χ3n) is 6.14. The molecular formula is C23H27N7O6S. The van der Waals surface area contributed by atoms with Crippen molar-refractivity contribution in [3.05, 3.63) is 48.5 Å². The number of nitrogens with zero attached hydrogens (tertiary/aromatic N) is 5. The summed E-state index contributed by atoms with van der Waals surface area (Å²) in [5.74, 6) is 0.328. The Kier molecular flexibility index (Phi) is 6.81. The zero-order chi connectivity index (χ0) is 26.2. The molecule has 2 aromatic carbocycles. The molecule has 37 heavy (non-hydrogen) atoms. The Hall–Kier alpha value is -3.59. The molecule has 0 unspecified atom stereocenters. The van der Waals surface area contributed by atoms with Crippen molar-refractivity contribution in [1.82, 2.24) is 24.9 Å². The lowest BCUT2D eigenvalue weighted by Crippen LogP contribution is -2.44. The molecule has 2 saturated heterocycles. The van der Waals surface area contributed by atoms with Gasteiger partial charge in [-0.25, -0.2) is 13.1 Å². The number of nitrogens with one attached hydrogen (secondary N) is 2. The highest BCUT2D eigenvalue weighted by molar-refractivity contribution is 7.89. The van der Waals surface area contributed by atoms with E-state index in [1.54, 1.807) is 6.07 Å². The molecule has 2 aliphatic heterocycles. The number of anilines is 2. The van der Waals surface area contributed by atoms with E-state index in [9.17, 15) is 13.2 Å². The minimum atomic E-state index is -3.86. The maximum atomic E-state index is 13.0. The highest BCUT2D eigenvalue weighted by Crippen LogP contribution is 2.36. The van der Waals surface area contributed by atoms with Crippen LogP contribution in [-0.2, 0) is 24.3 Å². The largest absolute Gasteiger partial charge is 0.423 e. The van der Waals surface area contributed by atoms with Crippen molar-refractivity contribution in [3.8, 4) is 11.8 Å². The van der Waals surface area contributed by atoms with Crippen molar-refractivity contribution < 1.29 is 27.4 Å². The van der Waals surface area contributed by atoms with Crippen LogP contribution < -0.4 is 19.7 Å². The molecule has 196 valence electrons. The summed E-state index contributed by atoms with van der Waals surface area (Å²) >= 11 is 0. The number of rotatable bonds is 8. The van der Waals surface area contributed by atoms with Gasteiger partial charge in [0.25, 0.3) is 0 Å². The van der Waals surface area contributed by atoms with Gasteiger partial charge in [-0.15, -0.1) is 0 Å². The quantitative estimate of drug-likeness (QED) is 0.435. The molecule has 4 atom stereocenters. The topological polar surface area (TPSA) is 150 Å². The second kappa shape index (κ2) is 10.0. The number of aromatic nitrogens is 4. The summed E-state index contributed by atoms with van der Waals surface area (Å²) in [4.78, 5) is 13.2. The van der Waals surface area contributed by atoms with Crippen LogP contribution >= 0.6 is 0 Å². The van der Waals surface area contributed by atoms with E-state index < -0.39 is 34.3 Å². The molecule has 0 radical (unpaired) electrons. The van der Waals surface area contributed by atoms with Crippen LogP contribution in [0.5, 0.6) is 11.8 Å². The molecule has 1 amide bonds. The lowest BCUT2D eigenvalue weighted by atomic mass is 10.1. The van der Waals surface area contributed by atoms with E-state index in [0.717, 1.165) is 5.69 Å². The fraction of sp³-hybridized carbons (Fsp3) is 0.391. The fourth-order valence-corrected chi connectivity index (χ4v) is 5.60. The van der Waals surface area contributed by atoms with E-state index in [1.165, 1.54) is 35.9 Å². The van der Waals surface area contributed by atoms with Crippen LogP contribution in [0.4, 0.5) is 11.4 Å². The number of ether oxygens (including phenoxy) is 3. The first-order valence-electron chi connectivity index (χ1n) is 11.6. The Morgan fingerprint density at radius 3 is 2.59 bits per heavy atom. The highest BCUT2D eigenvalue weighted by Gasteiger charge is 2.50. The second-order valence-electron chi connectivity index (χ2n) is 9.00. The molecule has 3 heterocycles. The number of fused-ring (bicyclic) bond motifs is 1. The summed E-state index contributed by atoms with van der Waals surface area (Å²) in [6, 6.07) is 12.6. The molecule has 3 aromatic rings. The van der Waals surface area contributed by atoms with Crippen LogP contribution in [-0.4, -0.2) is 80.1 Å². The Bertz CT molecular complexity index is 1380. The van der Waals surface area contributed by atoms with Crippen molar-refractivity contribution >= 4 is 27.3 Å². The molecule has 0 bridgehead atoms. The van der Waals surface area contributed by atoms with Gasteiger partial charge in [-0.05, 0) is 46.8 Å². The molecule has 0 saturated carbocycles. The Morgan fingerprint density at radius 2 is 1.86 bits per heavy atom. The van der Waals surface area contributed by atoms with Gasteiger partial charge in [0, 0.05) is 38.5 Å². The second-order valence-corrected chi connectivity index (χ2v) is 10.7. The van der Waals surface area contributed by atoms with E-state index in [4.69, 9.17) is 14.2 Å².